The second kappa shape index (κ2) is 9.09. The summed E-state index contributed by atoms with van der Waals surface area (Å²) in [6.45, 7) is 3.23. The minimum absolute atomic E-state index is 0.0287. The quantitative estimate of drug-likeness (QED) is 0.520. The SMILES string of the molecule is O=C(N[C@@H]1CCCNC1)C1=C2NC(=O)N(c3ccn(Cc4ccccc4)n3)C3CCNC(S1)C23. The van der Waals surface area contributed by atoms with E-state index in [0.717, 1.165) is 50.2 Å². The predicted octanol–water partition coefficient (Wildman–Crippen LogP) is 1.59. The number of rotatable bonds is 5. The molecular weight excluding hydrogens is 450 g/mol. The zero-order chi connectivity index (χ0) is 23.1. The summed E-state index contributed by atoms with van der Waals surface area (Å²) in [7, 11) is 0. The van der Waals surface area contributed by atoms with Gasteiger partial charge in [-0.15, -0.1) is 0 Å². The first-order valence-corrected chi connectivity index (χ1v) is 12.9. The number of anilines is 1. The number of nitrogens with zero attached hydrogens (tertiary/aromatic N) is 3. The Bertz CT molecular complexity index is 1110. The second-order valence-electron chi connectivity index (χ2n) is 9.29. The molecule has 3 saturated heterocycles. The summed E-state index contributed by atoms with van der Waals surface area (Å²) in [6.07, 6.45) is 4.76. The minimum Gasteiger partial charge on any atom is -0.348 e. The van der Waals surface area contributed by atoms with Crippen molar-refractivity contribution in [2.45, 2.75) is 43.3 Å². The Morgan fingerprint density at radius 2 is 2.06 bits per heavy atom. The highest BCUT2D eigenvalue weighted by molar-refractivity contribution is 8.04. The molecule has 9 nitrogen and oxygen atoms in total. The molecule has 3 unspecified atom stereocenters. The van der Waals surface area contributed by atoms with Crippen molar-refractivity contribution in [3.05, 3.63) is 58.8 Å². The molecule has 178 valence electrons. The van der Waals surface area contributed by atoms with E-state index in [4.69, 9.17) is 5.10 Å². The molecule has 0 saturated carbocycles. The summed E-state index contributed by atoms with van der Waals surface area (Å²) in [5, 5.41) is 17.9. The van der Waals surface area contributed by atoms with Crippen LogP contribution in [0.3, 0.4) is 0 Å². The number of carbonyl (C=O) groups excluding carboxylic acids is 2. The van der Waals surface area contributed by atoms with Crippen LogP contribution < -0.4 is 26.2 Å². The average molecular weight is 480 g/mol. The van der Waals surface area contributed by atoms with E-state index >= 15 is 0 Å². The predicted molar refractivity (Wildman–Crippen MR) is 131 cm³/mol. The highest BCUT2D eigenvalue weighted by Gasteiger charge is 2.52. The van der Waals surface area contributed by atoms with E-state index in [1.165, 1.54) is 0 Å². The average Bonchev–Trinajstić information content (AvgIpc) is 3.46. The van der Waals surface area contributed by atoms with Crippen LogP contribution in [-0.4, -0.2) is 58.8 Å². The Morgan fingerprint density at radius 3 is 2.88 bits per heavy atom. The van der Waals surface area contributed by atoms with Gasteiger partial charge in [0, 0.05) is 36.5 Å². The lowest BCUT2D eigenvalue weighted by Crippen LogP contribution is -2.62. The van der Waals surface area contributed by atoms with Gasteiger partial charge in [0.1, 0.15) is 0 Å². The summed E-state index contributed by atoms with van der Waals surface area (Å²) in [4.78, 5) is 28.9. The molecule has 0 spiro atoms. The van der Waals surface area contributed by atoms with Gasteiger partial charge in [0.25, 0.3) is 5.91 Å². The van der Waals surface area contributed by atoms with Gasteiger partial charge in [-0.3, -0.25) is 14.4 Å². The minimum atomic E-state index is -0.214. The molecule has 10 heteroatoms. The standard InChI is InChI=1S/C24H29N7O2S/c32-22(27-16-7-4-10-25-13-16)21-20-19-17(8-11-26-23(19)34-21)31(24(33)28-20)18-9-12-30(29-18)14-15-5-2-1-3-6-15/h1-3,5-6,9,12,16-17,19,23,25-26H,4,7-8,10-11,13-14H2,(H,27,32)(H,28,33)/t16-,17?,19?,23?/m1/s1. The Hall–Kier alpha value is -2.82. The number of hydrogen-bond acceptors (Lipinski definition) is 6. The molecular formula is C24H29N7O2S. The number of thioether (sulfide) groups is 1. The zero-order valence-electron chi connectivity index (χ0n) is 18.9. The van der Waals surface area contributed by atoms with Crippen molar-refractivity contribution in [2.24, 2.45) is 5.92 Å². The van der Waals surface area contributed by atoms with Crippen molar-refractivity contribution >= 4 is 29.5 Å². The molecule has 34 heavy (non-hydrogen) atoms. The Kier molecular flexibility index (Phi) is 5.80. The van der Waals surface area contributed by atoms with Crippen LogP contribution in [0.15, 0.2) is 53.2 Å². The van der Waals surface area contributed by atoms with Gasteiger partial charge in [0.15, 0.2) is 5.82 Å². The molecule has 3 fully saturated rings. The van der Waals surface area contributed by atoms with Crippen molar-refractivity contribution in [2.75, 3.05) is 24.5 Å². The lowest BCUT2D eigenvalue weighted by Gasteiger charge is -2.44. The van der Waals surface area contributed by atoms with Gasteiger partial charge in [-0.25, -0.2) is 4.79 Å². The number of hydrogen-bond donors (Lipinski definition) is 4. The highest BCUT2D eigenvalue weighted by atomic mass is 32.2. The van der Waals surface area contributed by atoms with Crippen LogP contribution in [0.1, 0.15) is 24.8 Å². The molecule has 0 bridgehead atoms. The van der Waals surface area contributed by atoms with E-state index < -0.39 is 0 Å². The van der Waals surface area contributed by atoms with Crippen LogP contribution in [0.2, 0.25) is 0 Å². The molecule has 4 N–H and O–H groups in total. The van der Waals surface area contributed by atoms with Crippen LogP contribution in [0.4, 0.5) is 10.6 Å². The van der Waals surface area contributed by atoms with Crippen LogP contribution in [0, 0.1) is 5.92 Å². The lowest BCUT2D eigenvalue weighted by molar-refractivity contribution is -0.117. The van der Waals surface area contributed by atoms with Gasteiger partial charge in [0.2, 0.25) is 0 Å². The van der Waals surface area contributed by atoms with Gasteiger partial charge in [-0.05, 0) is 37.9 Å². The van der Waals surface area contributed by atoms with Gasteiger partial charge < -0.3 is 21.3 Å². The van der Waals surface area contributed by atoms with Gasteiger partial charge >= 0.3 is 6.03 Å². The largest absolute Gasteiger partial charge is 0.348 e. The molecule has 0 radical (unpaired) electrons. The van der Waals surface area contributed by atoms with Crippen molar-refractivity contribution in [3.8, 4) is 0 Å². The number of amides is 3. The first-order valence-electron chi connectivity index (χ1n) is 12.0. The maximum absolute atomic E-state index is 13.3. The summed E-state index contributed by atoms with van der Waals surface area (Å²) >= 11 is 1.54. The first kappa shape index (κ1) is 21.7. The van der Waals surface area contributed by atoms with Crippen molar-refractivity contribution in [1.29, 1.82) is 0 Å². The molecule has 0 aliphatic carbocycles. The molecule has 6 rings (SSSR count). The summed E-state index contributed by atoms with van der Waals surface area (Å²) in [6, 6.07) is 11.9. The van der Waals surface area contributed by atoms with Crippen molar-refractivity contribution in [3.63, 3.8) is 0 Å². The Labute approximate surface area is 202 Å². The topological polar surface area (TPSA) is 103 Å². The van der Waals surface area contributed by atoms with Crippen molar-refractivity contribution < 1.29 is 9.59 Å². The van der Waals surface area contributed by atoms with Crippen LogP contribution in [-0.2, 0) is 11.3 Å². The first-order chi connectivity index (χ1) is 16.7. The van der Waals surface area contributed by atoms with Crippen LogP contribution in [0.5, 0.6) is 0 Å². The van der Waals surface area contributed by atoms with Gasteiger partial charge in [-0.1, -0.05) is 42.1 Å². The molecule has 4 aliphatic rings. The second-order valence-corrected chi connectivity index (χ2v) is 10.4. The Balaban J connectivity index is 1.24. The van der Waals surface area contributed by atoms with E-state index in [2.05, 4.69) is 33.4 Å². The third-order valence-electron chi connectivity index (χ3n) is 7.04. The number of urea groups is 1. The fourth-order valence-electron chi connectivity index (χ4n) is 5.45. The number of carbonyl (C=O) groups is 2. The summed E-state index contributed by atoms with van der Waals surface area (Å²) in [5.41, 5.74) is 1.92. The van der Waals surface area contributed by atoms with Crippen LogP contribution >= 0.6 is 11.8 Å². The number of aromatic nitrogens is 2. The van der Waals surface area contributed by atoms with E-state index in [1.807, 2.05) is 35.1 Å². The van der Waals surface area contributed by atoms with Gasteiger partial charge in [0.05, 0.1) is 22.9 Å². The molecule has 3 amide bonds. The fraction of sp³-hybridized carbons (Fsp3) is 0.458. The van der Waals surface area contributed by atoms with Crippen LogP contribution in [0.25, 0.3) is 0 Å². The van der Waals surface area contributed by atoms with Gasteiger partial charge in [-0.2, -0.15) is 5.10 Å². The number of nitrogens with one attached hydrogen (secondary N) is 4. The lowest BCUT2D eigenvalue weighted by atomic mass is 9.87. The molecule has 1 aromatic carbocycles. The fourth-order valence-corrected chi connectivity index (χ4v) is 6.85. The van der Waals surface area contributed by atoms with E-state index in [0.29, 0.717) is 17.3 Å². The zero-order valence-corrected chi connectivity index (χ0v) is 19.7. The molecule has 4 aliphatic heterocycles. The maximum Gasteiger partial charge on any atom is 0.327 e. The van der Waals surface area contributed by atoms with E-state index in [-0.39, 0.29) is 35.3 Å². The molecule has 4 atom stereocenters. The molecule has 1 aromatic heterocycles. The number of piperidine rings is 2. The van der Waals surface area contributed by atoms with E-state index in [9.17, 15) is 9.59 Å². The highest BCUT2D eigenvalue weighted by Crippen LogP contribution is 2.47. The smallest absolute Gasteiger partial charge is 0.327 e. The summed E-state index contributed by atoms with van der Waals surface area (Å²) in [5.74, 6) is 0.597. The van der Waals surface area contributed by atoms with E-state index in [1.54, 1.807) is 16.7 Å². The maximum atomic E-state index is 13.3. The molecule has 5 heterocycles. The molecule has 2 aromatic rings. The number of benzene rings is 1. The Morgan fingerprint density at radius 1 is 1.18 bits per heavy atom. The van der Waals surface area contributed by atoms with Crippen molar-refractivity contribution in [1.82, 2.24) is 31.0 Å². The normalized spacial score (nSPS) is 28.5. The summed E-state index contributed by atoms with van der Waals surface area (Å²) < 4.78 is 1.86. The third kappa shape index (κ3) is 3.99. The monoisotopic (exact) mass is 479 g/mol. The third-order valence-corrected chi connectivity index (χ3v) is 8.40.